The molecule has 1 amide bonds. The molecule has 0 unspecified atom stereocenters. The lowest BCUT2D eigenvalue weighted by Crippen LogP contribution is -2.10. The highest BCUT2D eigenvalue weighted by Gasteiger charge is 2.08. The number of aromatic amines is 1. The molecule has 94 valence electrons. The highest BCUT2D eigenvalue weighted by molar-refractivity contribution is 5.97. The van der Waals surface area contributed by atoms with Gasteiger partial charge in [0.05, 0.1) is 0 Å². The number of aromatic nitrogens is 1. The van der Waals surface area contributed by atoms with Gasteiger partial charge in [-0.05, 0) is 30.7 Å². The van der Waals surface area contributed by atoms with Crippen molar-refractivity contribution in [3.8, 4) is 0 Å². The molecule has 0 saturated carbocycles. The molecule has 0 atom stereocenters. The molecule has 5 nitrogen and oxygen atoms in total. The molecule has 3 N–H and O–H groups in total. The number of nitrogens with one attached hydrogen (secondary N) is 2. The van der Waals surface area contributed by atoms with E-state index >= 15 is 0 Å². The summed E-state index contributed by atoms with van der Waals surface area (Å²) in [6.07, 6.45) is 1.27. The molecule has 0 saturated heterocycles. The third-order valence-electron chi connectivity index (χ3n) is 2.61. The van der Waals surface area contributed by atoms with Crippen LogP contribution < -0.4 is 5.32 Å². The first-order valence-electron chi connectivity index (χ1n) is 5.76. The van der Waals surface area contributed by atoms with Crippen LogP contribution in [0.5, 0.6) is 0 Å². The zero-order chi connectivity index (χ0) is 13.1. The summed E-state index contributed by atoms with van der Waals surface area (Å²) in [7, 11) is 0. The van der Waals surface area contributed by atoms with Gasteiger partial charge in [0, 0.05) is 23.0 Å². The summed E-state index contributed by atoms with van der Waals surface area (Å²) in [5, 5.41) is 12.4. The molecule has 1 aromatic carbocycles. The standard InChI is InChI=1S/C13H14N2O3/c1-2-3-12(16)14-9-4-5-10-8(6-9)7-11(15-10)13(17)18/h4-7,15H,2-3H2,1H3,(H,14,16)(H,17,18). The van der Waals surface area contributed by atoms with E-state index in [1.54, 1.807) is 24.3 Å². The Kier molecular flexibility index (Phi) is 3.32. The van der Waals surface area contributed by atoms with Crippen molar-refractivity contribution in [1.29, 1.82) is 0 Å². The average molecular weight is 246 g/mol. The van der Waals surface area contributed by atoms with E-state index in [1.165, 1.54) is 0 Å². The fraction of sp³-hybridized carbons (Fsp3) is 0.231. The van der Waals surface area contributed by atoms with Gasteiger partial charge in [-0.1, -0.05) is 6.92 Å². The predicted octanol–water partition coefficient (Wildman–Crippen LogP) is 2.60. The summed E-state index contributed by atoms with van der Waals surface area (Å²) in [4.78, 5) is 25.1. The summed E-state index contributed by atoms with van der Waals surface area (Å²) < 4.78 is 0. The second-order valence-electron chi connectivity index (χ2n) is 4.09. The first-order chi connectivity index (χ1) is 8.60. The maximum Gasteiger partial charge on any atom is 0.352 e. The van der Waals surface area contributed by atoms with Crippen LogP contribution in [0.2, 0.25) is 0 Å². The van der Waals surface area contributed by atoms with Crippen molar-refractivity contribution in [2.75, 3.05) is 5.32 Å². The Morgan fingerprint density at radius 3 is 2.78 bits per heavy atom. The smallest absolute Gasteiger partial charge is 0.352 e. The third-order valence-corrected chi connectivity index (χ3v) is 2.61. The Labute approximate surface area is 104 Å². The van der Waals surface area contributed by atoms with Crippen molar-refractivity contribution < 1.29 is 14.7 Å². The predicted molar refractivity (Wildman–Crippen MR) is 68.8 cm³/mol. The first-order valence-corrected chi connectivity index (χ1v) is 5.76. The van der Waals surface area contributed by atoms with Crippen molar-refractivity contribution in [1.82, 2.24) is 4.98 Å². The number of anilines is 1. The molecule has 5 heteroatoms. The molecule has 1 heterocycles. The van der Waals surface area contributed by atoms with E-state index in [1.807, 2.05) is 6.92 Å². The fourth-order valence-corrected chi connectivity index (χ4v) is 1.78. The molecule has 0 aliphatic carbocycles. The number of carbonyl (C=O) groups excluding carboxylic acids is 1. The van der Waals surface area contributed by atoms with E-state index in [-0.39, 0.29) is 11.6 Å². The number of aromatic carboxylic acids is 1. The minimum atomic E-state index is -0.997. The van der Waals surface area contributed by atoms with Gasteiger partial charge in [-0.25, -0.2) is 4.79 Å². The van der Waals surface area contributed by atoms with E-state index in [0.717, 1.165) is 17.3 Å². The molecule has 0 bridgehead atoms. The second-order valence-corrected chi connectivity index (χ2v) is 4.09. The molecule has 0 spiro atoms. The zero-order valence-electron chi connectivity index (χ0n) is 9.99. The first kappa shape index (κ1) is 12.2. The van der Waals surface area contributed by atoms with E-state index in [4.69, 9.17) is 5.11 Å². The Morgan fingerprint density at radius 1 is 1.33 bits per heavy atom. The van der Waals surface area contributed by atoms with Crippen LogP contribution in [0.3, 0.4) is 0 Å². The van der Waals surface area contributed by atoms with Gasteiger partial charge in [-0.2, -0.15) is 0 Å². The lowest BCUT2D eigenvalue weighted by atomic mass is 10.2. The topological polar surface area (TPSA) is 82.2 Å². The Hall–Kier alpha value is -2.30. The molecule has 2 rings (SSSR count). The zero-order valence-corrected chi connectivity index (χ0v) is 9.99. The number of hydrogen-bond acceptors (Lipinski definition) is 2. The van der Waals surface area contributed by atoms with Gasteiger partial charge in [0.2, 0.25) is 5.91 Å². The number of rotatable bonds is 4. The fourth-order valence-electron chi connectivity index (χ4n) is 1.78. The number of hydrogen-bond donors (Lipinski definition) is 3. The molecule has 0 aliphatic rings. The number of fused-ring (bicyclic) bond motifs is 1. The summed E-state index contributed by atoms with van der Waals surface area (Å²) in [6, 6.07) is 6.81. The molecule has 0 aliphatic heterocycles. The highest BCUT2D eigenvalue weighted by atomic mass is 16.4. The van der Waals surface area contributed by atoms with Gasteiger partial charge < -0.3 is 15.4 Å². The van der Waals surface area contributed by atoms with Crippen LogP contribution >= 0.6 is 0 Å². The Balaban J connectivity index is 2.26. The molecular weight excluding hydrogens is 232 g/mol. The molecule has 1 aromatic heterocycles. The maximum atomic E-state index is 11.4. The molecule has 18 heavy (non-hydrogen) atoms. The van der Waals surface area contributed by atoms with Crippen LogP contribution in [0.4, 0.5) is 5.69 Å². The Bertz CT molecular complexity index is 601. The summed E-state index contributed by atoms with van der Waals surface area (Å²) in [6.45, 7) is 1.94. The lowest BCUT2D eigenvalue weighted by molar-refractivity contribution is -0.116. The normalized spacial score (nSPS) is 10.5. The van der Waals surface area contributed by atoms with Gasteiger partial charge in [0.25, 0.3) is 0 Å². The maximum absolute atomic E-state index is 11.4. The molecule has 0 radical (unpaired) electrons. The van der Waals surface area contributed by atoms with Crippen LogP contribution in [0, 0.1) is 0 Å². The van der Waals surface area contributed by atoms with E-state index in [9.17, 15) is 9.59 Å². The van der Waals surface area contributed by atoms with E-state index in [0.29, 0.717) is 12.1 Å². The third kappa shape index (κ3) is 2.51. The second kappa shape index (κ2) is 4.91. The van der Waals surface area contributed by atoms with Crippen LogP contribution in [-0.2, 0) is 4.79 Å². The number of H-pyrrole nitrogens is 1. The van der Waals surface area contributed by atoms with E-state index < -0.39 is 5.97 Å². The van der Waals surface area contributed by atoms with Crippen LogP contribution in [0.1, 0.15) is 30.3 Å². The molecule has 0 fully saturated rings. The minimum Gasteiger partial charge on any atom is -0.477 e. The van der Waals surface area contributed by atoms with E-state index in [2.05, 4.69) is 10.3 Å². The number of carbonyl (C=O) groups is 2. The SMILES string of the molecule is CCCC(=O)Nc1ccc2[nH]c(C(=O)O)cc2c1. The van der Waals surface area contributed by atoms with Gasteiger partial charge in [-0.3, -0.25) is 4.79 Å². The van der Waals surface area contributed by atoms with Crippen LogP contribution in [-0.4, -0.2) is 22.0 Å². The van der Waals surface area contributed by atoms with Gasteiger partial charge in [0.1, 0.15) is 5.69 Å². The summed E-state index contributed by atoms with van der Waals surface area (Å²) in [5.74, 6) is -1.03. The van der Waals surface area contributed by atoms with Crippen molar-refractivity contribution in [2.24, 2.45) is 0 Å². The van der Waals surface area contributed by atoms with Gasteiger partial charge in [-0.15, -0.1) is 0 Å². The van der Waals surface area contributed by atoms with Gasteiger partial charge >= 0.3 is 5.97 Å². The molecule has 2 aromatic rings. The summed E-state index contributed by atoms with van der Waals surface area (Å²) in [5.41, 5.74) is 1.56. The number of benzene rings is 1. The minimum absolute atomic E-state index is 0.0363. The monoisotopic (exact) mass is 246 g/mol. The number of amides is 1. The molecular formula is C13H14N2O3. The Morgan fingerprint density at radius 2 is 2.11 bits per heavy atom. The highest BCUT2D eigenvalue weighted by Crippen LogP contribution is 2.20. The lowest BCUT2D eigenvalue weighted by Gasteiger charge is -2.03. The number of carboxylic acid groups (broad SMARTS) is 1. The van der Waals surface area contributed by atoms with Crippen molar-refractivity contribution in [3.05, 3.63) is 30.0 Å². The number of carboxylic acids is 1. The van der Waals surface area contributed by atoms with Crippen molar-refractivity contribution in [2.45, 2.75) is 19.8 Å². The van der Waals surface area contributed by atoms with Crippen molar-refractivity contribution >= 4 is 28.5 Å². The van der Waals surface area contributed by atoms with Crippen LogP contribution in [0.15, 0.2) is 24.3 Å². The van der Waals surface area contributed by atoms with Crippen LogP contribution in [0.25, 0.3) is 10.9 Å². The quantitative estimate of drug-likeness (QED) is 0.775. The summed E-state index contributed by atoms with van der Waals surface area (Å²) >= 11 is 0. The largest absolute Gasteiger partial charge is 0.477 e. The average Bonchev–Trinajstić information content (AvgIpc) is 2.72. The van der Waals surface area contributed by atoms with Gasteiger partial charge in [0.15, 0.2) is 0 Å². The van der Waals surface area contributed by atoms with Crippen molar-refractivity contribution in [3.63, 3.8) is 0 Å².